The summed E-state index contributed by atoms with van der Waals surface area (Å²) in [5.41, 5.74) is 0.829. The van der Waals surface area contributed by atoms with Gasteiger partial charge in [-0.05, 0) is 47.5 Å². The van der Waals surface area contributed by atoms with Crippen LogP contribution in [0.5, 0.6) is 5.88 Å². The quantitative estimate of drug-likeness (QED) is 0.782. The zero-order valence-electron chi connectivity index (χ0n) is 13.8. The maximum absolute atomic E-state index is 5.82. The zero-order valence-corrected chi connectivity index (χ0v) is 13.8. The van der Waals surface area contributed by atoms with Crippen molar-refractivity contribution in [2.75, 3.05) is 25.1 Å². The van der Waals surface area contributed by atoms with Gasteiger partial charge in [0.25, 0.3) is 0 Å². The minimum absolute atomic E-state index is 0.141. The van der Waals surface area contributed by atoms with Gasteiger partial charge in [0.15, 0.2) is 0 Å². The monoisotopic (exact) mass is 293 g/mol. The van der Waals surface area contributed by atoms with Crippen LogP contribution in [0.3, 0.4) is 0 Å². The smallest absolute Gasteiger partial charge is 0.221 e. The average molecular weight is 293 g/mol. The number of rotatable bonds is 7. The summed E-state index contributed by atoms with van der Waals surface area (Å²) in [5.74, 6) is 2.99. The number of ether oxygens (including phenoxy) is 2. The van der Waals surface area contributed by atoms with Crippen LogP contribution in [0.2, 0.25) is 0 Å². The van der Waals surface area contributed by atoms with Crippen LogP contribution in [0.4, 0.5) is 5.82 Å². The number of nitrogens with zero attached hydrogens (tertiary/aromatic N) is 2. The summed E-state index contributed by atoms with van der Waals surface area (Å²) in [4.78, 5) is 9.20. The van der Waals surface area contributed by atoms with Gasteiger partial charge in [0, 0.05) is 12.5 Å². The molecule has 0 unspecified atom stereocenters. The summed E-state index contributed by atoms with van der Waals surface area (Å²) in [5, 5.41) is 3.29. The molecule has 0 amide bonds. The molecule has 118 valence electrons. The Morgan fingerprint density at radius 2 is 1.90 bits per heavy atom. The van der Waals surface area contributed by atoms with E-state index in [1.807, 2.05) is 27.7 Å². The van der Waals surface area contributed by atoms with Crippen LogP contribution in [0.25, 0.3) is 0 Å². The van der Waals surface area contributed by atoms with E-state index < -0.39 is 0 Å². The Hall–Kier alpha value is -1.36. The topological polar surface area (TPSA) is 56.3 Å². The van der Waals surface area contributed by atoms with E-state index >= 15 is 0 Å². The number of nitrogens with one attached hydrogen (secondary N) is 1. The van der Waals surface area contributed by atoms with Crippen LogP contribution in [0.1, 0.15) is 57.8 Å². The second-order valence-electron chi connectivity index (χ2n) is 6.47. The first-order chi connectivity index (χ1) is 9.90. The Kier molecular flexibility index (Phi) is 5.04. The van der Waals surface area contributed by atoms with Crippen molar-refractivity contribution in [1.82, 2.24) is 9.97 Å². The molecule has 0 aliphatic heterocycles. The summed E-state index contributed by atoms with van der Waals surface area (Å²) in [7, 11) is 0. The average Bonchev–Trinajstić information content (AvgIpc) is 3.22. The van der Waals surface area contributed by atoms with E-state index in [0.717, 1.165) is 23.8 Å². The molecule has 0 aromatic carbocycles. The molecule has 0 radical (unpaired) electrons. The summed E-state index contributed by atoms with van der Waals surface area (Å²) >= 11 is 0. The Morgan fingerprint density at radius 3 is 2.48 bits per heavy atom. The number of aromatic nitrogens is 2. The molecule has 1 aromatic rings. The van der Waals surface area contributed by atoms with E-state index in [9.17, 15) is 0 Å². The van der Waals surface area contributed by atoms with Gasteiger partial charge in [0.1, 0.15) is 18.2 Å². The van der Waals surface area contributed by atoms with Crippen LogP contribution in [-0.4, -0.2) is 35.3 Å². The molecule has 1 saturated carbocycles. The highest BCUT2D eigenvalue weighted by atomic mass is 16.5. The fourth-order valence-corrected chi connectivity index (χ4v) is 2.00. The van der Waals surface area contributed by atoms with Gasteiger partial charge < -0.3 is 14.8 Å². The van der Waals surface area contributed by atoms with Crippen LogP contribution in [0, 0.1) is 6.92 Å². The third kappa shape index (κ3) is 4.84. The number of anilines is 1. The van der Waals surface area contributed by atoms with Gasteiger partial charge in [0.2, 0.25) is 5.88 Å². The largest absolute Gasteiger partial charge is 0.475 e. The van der Waals surface area contributed by atoms with Crippen LogP contribution < -0.4 is 10.1 Å². The van der Waals surface area contributed by atoms with Crippen molar-refractivity contribution in [3.63, 3.8) is 0 Å². The van der Waals surface area contributed by atoms with Gasteiger partial charge >= 0.3 is 0 Å². The Morgan fingerprint density at radius 1 is 1.19 bits per heavy atom. The third-order valence-electron chi connectivity index (χ3n) is 3.26. The molecule has 1 aliphatic carbocycles. The van der Waals surface area contributed by atoms with Crippen LogP contribution in [-0.2, 0) is 4.74 Å². The minimum atomic E-state index is -0.141. The van der Waals surface area contributed by atoms with Crippen molar-refractivity contribution in [3.8, 4) is 5.88 Å². The normalized spacial score (nSPS) is 15.1. The summed E-state index contributed by atoms with van der Waals surface area (Å²) < 4.78 is 11.5. The lowest BCUT2D eigenvalue weighted by Crippen LogP contribution is -2.23. The van der Waals surface area contributed by atoms with Crippen molar-refractivity contribution < 1.29 is 9.47 Å². The predicted molar refractivity (Wildman–Crippen MR) is 84.1 cm³/mol. The lowest BCUT2D eigenvalue weighted by Gasteiger charge is -2.20. The van der Waals surface area contributed by atoms with Crippen molar-refractivity contribution in [2.45, 2.75) is 59.0 Å². The second kappa shape index (κ2) is 6.60. The highest BCUT2D eigenvalue weighted by molar-refractivity contribution is 5.49. The van der Waals surface area contributed by atoms with E-state index in [0.29, 0.717) is 25.0 Å². The molecule has 1 aromatic heterocycles. The maximum Gasteiger partial charge on any atom is 0.221 e. The first kappa shape index (κ1) is 16.0. The van der Waals surface area contributed by atoms with E-state index in [1.54, 1.807) is 0 Å². The minimum Gasteiger partial charge on any atom is -0.475 e. The zero-order chi connectivity index (χ0) is 15.5. The van der Waals surface area contributed by atoms with Gasteiger partial charge in [-0.25, -0.2) is 4.98 Å². The van der Waals surface area contributed by atoms with Crippen molar-refractivity contribution >= 4 is 5.82 Å². The molecule has 2 rings (SSSR count). The molecule has 0 spiro atoms. The second-order valence-corrected chi connectivity index (χ2v) is 6.47. The third-order valence-corrected chi connectivity index (χ3v) is 3.26. The molecule has 1 heterocycles. The Bertz CT molecular complexity index is 479. The SMILES string of the molecule is CCNc1nc(C2CC2)nc(OCCOC(C)(C)C)c1C. The maximum atomic E-state index is 5.82. The molecule has 1 aliphatic rings. The number of hydrogen-bond donors (Lipinski definition) is 1. The van der Waals surface area contributed by atoms with Crippen LogP contribution >= 0.6 is 0 Å². The highest BCUT2D eigenvalue weighted by Crippen LogP contribution is 2.39. The van der Waals surface area contributed by atoms with E-state index in [4.69, 9.17) is 9.47 Å². The lowest BCUT2D eigenvalue weighted by molar-refractivity contribution is -0.0169. The Labute approximate surface area is 127 Å². The first-order valence-corrected chi connectivity index (χ1v) is 7.80. The van der Waals surface area contributed by atoms with Gasteiger partial charge in [-0.3, -0.25) is 0 Å². The standard InChI is InChI=1S/C16H27N3O2/c1-6-17-13-11(2)15(19-14(18-13)12-7-8-12)20-9-10-21-16(3,4)5/h12H,6-10H2,1-5H3,(H,17,18,19). The molecule has 1 fully saturated rings. The first-order valence-electron chi connectivity index (χ1n) is 7.80. The summed E-state index contributed by atoms with van der Waals surface area (Å²) in [6.45, 7) is 12.1. The van der Waals surface area contributed by atoms with Crippen molar-refractivity contribution in [3.05, 3.63) is 11.4 Å². The molecular weight excluding hydrogens is 266 g/mol. The molecule has 5 heteroatoms. The molecule has 0 bridgehead atoms. The highest BCUT2D eigenvalue weighted by Gasteiger charge is 2.28. The van der Waals surface area contributed by atoms with Gasteiger partial charge in [-0.1, -0.05) is 0 Å². The fraction of sp³-hybridized carbons (Fsp3) is 0.750. The Balaban J connectivity index is 2.03. The van der Waals surface area contributed by atoms with Crippen LogP contribution in [0.15, 0.2) is 0 Å². The van der Waals surface area contributed by atoms with E-state index in [-0.39, 0.29) is 5.60 Å². The van der Waals surface area contributed by atoms with E-state index in [2.05, 4.69) is 22.2 Å². The van der Waals surface area contributed by atoms with Crippen molar-refractivity contribution in [2.24, 2.45) is 0 Å². The fourth-order valence-electron chi connectivity index (χ4n) is 2.00. The molecular formula is C16H27N3O2. The molecule has 21 heavy (non-hydrogen) atoms. The van der Waals surface area contributed by atoms with E-state index in [1.165, 1.54) is 12.8 Å². The lowest BCUT2D eigenvalue weighted by atomic mass is 10.2. The van der Waals surface area contributed by atoms with Gasteiger partial charge in [-0.2, -0.15) is 4.98 Å². The van der Waals surface area contributed by atoms with Gasteiger partial charge in [-0.15, -0.1) is 0 Å². The number of hydrogen-bond acceptors (Lipinski definition) is 5. The van der Waals surface area contributed by atoms with Crippen molar-refractivity contribution in [1.29, 1.82) is 0 Å². The summed E-state index contributed by atoms with van der Waals surface area (Å²) in [6.07, 6.45) is 2.36. The predicted octanol–water partition coefficient (Wildman–Crippen LogP) is 3.29. The van der Waals surface area contributed by atoms with Gasteiger partial charge in [0.05, 0.1) is 17.8 Å². The summed E-state index contributed by atoms with van der Waals surface area (Å²) in [6, 6.07) is 0. The molecule has 1 N–H and O–H groups in total. The molecule has 0 saturated heterocycles. The molecule has 0 atom stereocenters. The molecule has 5 nitrogen and oxygen atoms in total.